The highest BCUT2D eigenvalue weighted by molar-refractivity contribution is 7.09. The Morgan fingerprint density at radius 1 is 1.22 bits per heavy atom. The van der Waals surface area contributed by atoms with Crippen LogP contribution in [-0.4, -0.2) is 40.4 Å². The first-order valence-electron chi connectivity index (χ1n) is 7.17. The van der Waals surface area contributed by atoms with E-state index in [1.54, 1.807) is 0 Å². The lowest BCUT2D eigenvalue weighted by Crippen LogP contribution is -2.29. The van der Waals surface area contributed by atoms with Crippen LogP contribution in [0.2, 0.25) is 0 Å². The summed E-state index contributed by atoms with van der Waals surface area (Å²) in [6.45, 7) is 6.80. The summed E-state index contributed by atoms with van der Waals surface area (Å²) in [6.07, 6.45) is 7.63. The summed E-state index contributed by atoms with van der Waals surface area (Å²) in [5, 5.41) is 4.37. The fourth-order valence-electron chi connectivity index (χ4n) is 2.33. The zero-order valence-corrected chi connectivity index (χ0v) is 12.1. The third-order valence-electron chi connectivity index (χ3n) is 3.34. The molecule has 2 rings (SSSR count). The standard InChI is InChI=1S/C13H24N4S/c1-2-7-12-15-13(18-16-12)14-8-11-17-9-5-3-4-6-10-17/h2-11H2,1H3,(H,14,15,16). The Morgan fingerprint density at radius 3 is 2.72 bits per heavy atom. The Morgan fingerprint density at radius 2 is 2.00 bits per heavy atom. The van der Waals surface area contributed by atoms with Gasteiger partial charge in [0.05, 0.1) is 0 Å². The number of hydrogen-bond donors (Lipinski definition) is 1. The molecule has 1 aliphatic rings. The molecule has 1 aromatic heterocycles. The zero-order valence-electron chi connectivity index (χ0n) is 11.3. The molecule has 0 spiro atoms. The highest BCUT2D eigenvalue weighted by Gasteiger charge is 2.08. The minimum absolute atomic E-state index is 0.980. The maximum absolute atomic E-state index is 4.48. The molecule has 1 fully saturated rings. The Labute approximate surface area is 114 Å². The molecular weight excluding hydrogens is 244 g/mol. The van der Waals surface area contributed by atoms with Crippen LogP contribution in [0.1, 0.15) is 44.9 Å². The summed E-state index contributed by atoms with van der Waals surface area (Å²) < 4.78 is 4.34. The fraction of sp³-hybridized carbons (Fsp3) is 0.846. The Bertz CT molecular complexity index is 331. The van der Waals surface area contributed by atoms with Gasteiger partial charge in [0.1, 0.15) is 5.82 Å². The molecule has 18 heavy (non-hydrogen) atoms. The second-order valence-electron chi connectivity index (χ2n) is 4.95. The van der Waals surface area contributed by atoms with Crippen LogP contribution in [0.15, 0.2) is 0 Å². The van der Waals surface area contributed by atoms with E-state index in [9.17, 15) is 0 Å². The van der Waals surface area contributed by atoms with E-state index >= 15 is 0 Å². The molecule has 0 aromatic carbocycles. The number of anilines is 1. The van der Waals surface area contributed by atoms with Gasteiger partial charge < -0.3 is 10.2 Å². The molecular formula is C13H24N4S. The largest absolute Gasteiger partial charge is 0.359 e. The smallest absolute Gasteiger partial charge is 0.202 e. The first-order chi connectivity index (χ1) is 8.88. The van der Waals surface area contributed by atoms with E-state index in [0.29, 0.717) is 0 Å². The number of aromatic nitrogens is 2. The summed E-state index contributed by atoms with van der Waals surface area (Å²) in [5.74, 6) is 0.986. The molecule has 1 aliphatic heterocycles. The van der Waals surface area contributed by atoms with Gasteiger partial charge in [0.25, 0.3) is 0 Å². The molecule has 4 nitrogen and oxygen atoms in total. The van der Waals surface area contributed by atoms with Gasteiger partial charge in [-0.2, -0.15) is 4.37 Å². The number of nitrogens with zero attached hydrogens (tertiary/aromatic N) is 3. The van der Waals surface area contributed by atoms with Gasteiger partial charge in [-0.25, -0.2) is 4.98 Å². The minimum atomic E-state index is 0.980. The van der Waals surface area contributed by atoms with Gasteiger partial charge in [-0.1, -0.05) is 19.8 Å². The first kappa shape index (κ1) is 13.7. The van der Waals surface area contributed by atoms with Crippen molar-refractivity contribution in [2.45, 2.75) is 45.4 Å². The third kappa shape index (κ3) is 4.53. The Balaban J connectivity index is 1.67. The van der Waals surface area contributed by atoms with Crippen molar-refractivity contribution in [3.8, 4) is 0 Å². The van der Waals surface area contributed by atoms with Crippen LogP contribution in [0.25, 0.3) is 0 Å². The maximum atomic E-state index is 4.48. The van der Waals surface area contributed by atoms with E-state index in [0.717, 1.165) is 36.9 Å². The average molecular weight is 268 g/mol. The van der Waals surface area contributed by atoms with Crippen molar-refractivity contribution in [3.63, 3.8) is 0 Å². The number of nitrogens with one attached hydrogen (secondary N) is 1. The molecule has 1 saturated heterocycles. The Kier molecular flexibility index (Phi) is 5.87. The monoisotopic (exact) mass is 268 g/mol. The maximum Gasteiger partial charge on any atom is 0.202 e. The third-order valence-corrected chi connectivity index (χ3v) is 4.06. The fourth-order valence-corrected chi connectivity index (χ4v) is 2.97. The molecule has 0 atom stereocenters. The number of rotatable bonds is 6. The molecule has 102 valence electrons. The van der Waals surface area contributed by atoms with Gasteiger partial charge >= 0.3 is 0 Å². The van der Waals surface area contributed by atoms with Crippen molar-refractivity contribution in [1.29, 1.82) is 0 Å². The van der Waals surface area contributed by atoms with Gasteiger partial charge in [-0.3, -0.25) is 0 Å². The van der Waals surface area contributed by atoms with Gasteiger partial charge in [0.2, 0.25) is 5.13 Å². The summed E-state index contributed by atoms with van der Waals surface area (Å²) in [6, 6.07) is 0. The first-order valence-corrected chi connectivity index (χ1v) is 7.94. The second-order valence-corrected chi connectivity index (χ2v) is 5.70. The Hall–Kier alpha value is -0.680. The van der Waals surface area contributed by atoms with Crippen LogP contribution in [0.3, 0.4) is 0 Å². The predicted octanol–water partition coefficient (Wildman–Crippen LogP) is 2.78. The highest BCUT2D eigenvalue weighted by Crippen LogP contribution is 2.12. The van der Waals surface area contributed by atoms with Crippen LogP contribution < -0.4 is 5.32 Å². The molecule has 5 heteroatoms. The van der Waals surface area contributed by atoms with E-state index in [-0.39, 0.29) is 0 Å². The predicted molar refractivity (Wildman–Crippen MR) is 77.3 cm³/mol. The topological polar surface area (TPSA) is 41.1 Å². The van der Waals surface area contributed by atoms with Gasteiger partial charge in [-0.15, -0.1) is 0 Å². The summed E-state index contributed by atoms with van der Waals surface area (Å²) >= 11 is 1.49. The van der Waals surface area contributed by atoms with E-state index in [4.69, 9.17) is 0 Å². The van der Waals surface area contributed by atoms with Crippen LogP contribution in [0.5, 0.6) is 0 Å². The lowest BCUT2D eigenvalue weighted by atomic mass is 10.2. The number of likely N-dealkylation sites (tertiary alicyclic amines) is 1. The summed E-state index contributed by atoms with van der Waals surface area (Å²) in [5.41, 5.74) is 0. The van der Waals surface area contributed by atoms with Crippen molar-refractivity contribution < 1.29 is 0 Å². The van der Waals surface area contributed by atoms with E-state index in [1.165, 1.54) is 50.3 Å². The van der Waals surface area contributed by atoms with Crippen molar-refractivity contribution in [2.24, 2.45) is 0 Å². The highest BCUT2D eigenvalue weighted by atomic mass is 32.1. The van der Waals surface area contributed by atoms with Crippen molar-refractivity contribution in [2.75, 3.05) is 31.5 Å². The van der Waals surface area contributed by atoms with Crippen molar-refractivity contribution in [1.82, 2.24) is 14.3 Å². The summed E-state index contributed by atoms with van der Waals surface area (Å²) in [4.78, 5) is 7.04. The number of hydrogen-bond acceptors (Lipinski definition) is 5. The minimum Gasteiger partial charge on any atom is -0.359 e. The van der Waals surface area contributed by atoms with Gasteiger partial charge in [0.15, 0.2) is 0 Å². The average Bonchev–Trinajstić information content (AvgIpc) is 2.65. The molecule has 0 amide bonds. The zero-order chi connectivity index (χ0) is 12.6. The molecule has 0 bridgehead atoms. The molecule has 0 radical (unpaired) electrons. The van der Waals surface area contributed by atoms with Gasteiger partial charge in [-0.05, 0) is 32.4 Å². The van der Waals surface area contributed by atoms with Crippen molar-refractivity contribution >= 4 is 16.7 Å². The molecule has 1 N–H and O–H groups in total. The molecule has 1 aromatic rings. The van der Waals surface area contributed by atoms with Crippen LogP contribution in [0.4, 0.5) is 5.13 Å². The molecule has 0 unspecified atom stereocenters. The van der Waals surface area contributed by atoms with E-state index < -0.39 is 0 Å². The van der Waals surface area contributed by atoms with E-state index in [1.807, 2.05) is 0 Å². The van der Waals surface area contributed by atoms with Gasteiger partial charge in [0, 0.05) is 31.0 Å². The van der Waals surface area contributed by atoms with Crippen molar-refractivity contribution in [3.05, 3.63) is 5.82 Å². The van der Waals surface area contributed by atoms with Crippen LogP contribution in [0, 0.1) is 0 Å². The van der Waals surface area contributed by atoms with Crippen LogP contribution in [-0.2, 0) is 6.42 Å². The summed E-state index contributed by atoms with van der Waals surface area (Å²) in [7, 11) is 0. The molecule has 2 heterocycles. The molecule has 0 aliphatic carbocycles. The SMILES string of the molecule is CCCc1nsc(NCCN2CCCCCC2)n1. The molecule has 0 saturated carbocycles. The lowest BCUT2D eigenvalue weighted by molar-refractivity contribution is 0.296. The lowest BCUT2D eigenvalue weighted by Gasteiger charge is -2.19. The normalized spacial score (nSPS) is 17.6. The van der Waals surface area contributed by atoms with E-state index in [2.05, 4.69) is 26.5 Å². The number of aryl methyl sites for hydroxylation is 1. The second kappa shape index (κ2) is 7.69. The van der Waals surface area contributed by atoms with Crippen LogP contribution >= 0.6 is 11.5 Å². The quantitative estimate of drug-likeness (QED) is 0.861.